The lowest BCUT2D eigenvalue weighted by molar-refractivity contribution is 1.04. The van der Waals surface area contributed by atoms with Crippen molar-refractivity contribution in [2.24, 2.45) is 0 Å². The molecule has 3 aromatic heterocycles. The first-order valence-corrected chi connectivity index (χ1v) is 6.62. The quantitative estimate of drug-likeness (QED) is 0.793. The Morgan fingerprint density at radius 1 is 1.37 bits per heavy atom. The molecule has 0 radical (unpaired) electrons. The Hall–Kier alpha value is -2.39. The van der Waals surface area contributed by atoms with Gasteiger partial charge in [0.25, 0.3) is 0 Å². The minimum absolute atomic E-state index is 0.640. The molecule has 0 aliphatic rings. The fraction of sp³-hybridized carbons (Fsp3) is 0.154. The molecule has 0 saturated heterocycles. The predicted octanol–water partition coefficient (Wildman–Crippen LogP) is 2.58. The molecule has 0 unspecified atom stereocenters. The fourth-order valence-electron chi connectivity index (χ4n) is 1.81. The van der Waals surface area contributed by atoms with E-state index in [1.165, 1.54) is 11.3 Å². The first-order valence-electron chi connectivity index (χ1n) is 5.80. The molecule has 0 amide bonds. The number of fused-ring (bicyclic) bond motifs is 1. The molecule has 94 valence electrons. The minimum atomic E-state index is 0.640. The largest absolute Gasteiger partial charge is 0.349 e. The van der Waals surface area contributed by atoms with E-state index in [2.05, 4.69) is 21.6 Å². The summed E-state index contributed by atoms with van der Waals surface area (Å²) in [4.78, 5) is 1.82. The Morgan fingerprint density at radius 2 is 2.26 bits per heavy atom. The number of pyridine rings is 1. The van der Waals surface area contributed by atoms with E-state index >= 15 is 0 Å². The van der Waals surface area contributed by atoms with Crippen LogP contribution in [0.5, 0.6) is 0 Å². The summed E-state index contributed by atoms with van der Waals surface area (Å²) in [5.74, 6) is 0.710. The summed E-state index contributed by atoms with van der Waals surface area (Å²) in [5.41, 5.74) is 1.98. The Balaban J connectivity index is 1.80. The number of aryl methyl sites for hydroxylation is 1. The van der Waals surface area contributed by atoms with E-state index in [4.69, 9.17) is 5.26 Å². The summed E-state index contributed by atoms with van der Waals surface area (Å²) in [6, 6.07) is 9.91. The first kappa shape index (κ1) is 11.7. The van der Waals surface area contributed by atoms with E-state index in [1.807, 2.05) is 41.8 Å². The summed E-state index contributed by atoms with van der Waals surface area (Å²) in [7, 11) is 0. The molecule has 0 bridgehead atoms. The van der Waals surface area contributed by atoms with Crippen LogP contribution in [0.1, 0.15) is 15.3 Å². The normalized spacial score (nSPS) is 10.5. The first-order chi connectivity index (χ1) is 9.26. The van der Waals surface area contributed by atoms with E-state index in [-0.39, 0.29) is 0 Å². The van der Waals surface area contributed by atoms with E-state index in [0.29, 0.717) is 12.5 Å². The predicted molar refractivity (Wildman–Crippen MR) is 74.1 cm³/mol. The monoisotopic (exact) mass is 269 g/mol. The standard InChI is InChI=1S/C13H11N5S/c1-9-4-5-18-12(6-9)16-17-13(18)15-8-11-3-2-10(7-14)19-11/h2-6H,8H2,1H3,(H,15,17). The van der Waals surface area contributed by atoms with Crippen molar-refractivity contribution in [1.29, 1.82) is 5.26 Å². The van der Waals surface area contributed by atoms with Gasteiger partial charge in [-0.25, -0.2) is 0 Å². The Labute approximate surface area is 114 Å². The summed E-state index contributed by atoms with van der Waals surface area (Å²) < 4.78 is 1.91. The van der Waals surface area contributed by atoms with Crippen LogP contribution in [0.3, 0.4) is 0 Å². The van der Waals surface area contributed by atoms with Crippen molar-refractivity contribution in [2.75, 3.05) is 5.32 Å². The summed E-state index contributed by atoms with van der Waals surface area (Å²) in [6.45, 7) is 2.66. The van der Waals surface area contributed by atoms with Crippen molar-refractivity contribution in [3.63, 3.8) is 0 Å². The molecule has 0 atom stereocenters. The van der Waals surface area contributed by atoms with Crippen LogP contribution in [0, 0.1) is 18.3 Å². The van der Waals surface area contributed by atoms with Gasteiger partial charge in [0.2, 0.25) is 5.95 Å². The van der Waals surface area contributed by atoms with Crippen LogP contribution in [0.15, 0.2) is 30.5 Å². The van der Waals surface area contributed by atoms with Crippen molar-refractivity contribution >= 4 is 22.9 Å². The van der Waals surface area contributed by atoms with Crippen LogP contribution in [0.2, 0.25) is 0 Å². The molecule has 1 N–H and O–H groups in total. The van der Waals surface area contributed by atoms with Gasteiger partial charge in [0.05, 0.1) is 6.54 Å². The number of nitrogens with zero attached hydrogens (tertiary/aromatic N) is 4. The molecule has 0 aliphatic carbocycles. The number of nitriles is 1. The number of nitrogens with one attached hydrogen (secondary N) is 1. The average molecular weight is 269 g/mol. The van der Waals surface area contributed by atoms with Gasteiger partial charge in [-0.15, -0.1) is 21.5 Å². The molecule has 3 rings (SSSR count). The summed E-state index contributed by atoms with van der Waals surface area (Å²) in [6.07, 6.45) is 1.95. The molecule has 0 fully saturated rings. The highest BCUT2D eigenvalue weighted by molar-refractivity contribution is 7.12. The zero-order valence-electron chi connectivity index (χ0n) is 10.3. The second-order valence-corrected chi connectivity index (χ2v) is 5.36. The Kier molecular flexibility index (Phi) is 2.89. The van der Waals surface area contributed by atoms with Crippen LogP contribution < -0.4 is 5.32 Å². The van der Waals surface area contributed by atoms with E-state index in [9.17, 15) is 0 Å². The maximum Gasteiger partial charge on any atom is 0.229 e. The molecule has 6 heteroatoms. The summed E-state index contributed by atoms with van der Waals surface area (Å²) in [5, 5.41) is 20.2. The maximum absolute atomic E-state index is 8.78. The second kappa shape index (κ2) is 4.71. The van der Waals surface area contributed by atoms with Crippen LogP contribution in [-0.4, -0.2) is 14.6 Å². The molecular weight excluding hydrogens is 258 g/mol. The highest BCUT2D eigenvalue weighted by Gasteiger charge is 2.05. The topological polar surface area (TPSA) is 66.0 Å². The third kappa shape index (κ3) is 2.28. The summed E-state index contributed by atoms with van der Waals surface area (Å²) >= 11 is 1.48. The number of hydrogen-bond acceptors (Lipinski definition) is 5. The molecule has 19 heavy (non-hydrogen) atoms. The number of hydrogen-bond donors (Lipinski definition) is 1. The minimum Gasteiger partial charge on any atom is -0.349 e. The third-order valence-electron chi connectivity index (χ3n) is 2.76. The zero-order chi connectivity index (χ0) is 13.2. The van der Waals surface area contributed by atoms with E-state index in [1.54, 1.807) is 0 Å². The van der Waals surface area contributed by atoms with Crippen LogP contribution in [0.4, 0.5) is 5.95 Å². The molecule has 0 saturated carbocycles. The maximum atomic E-state index is 8.78. The average Bonchev–Trinajstić information content (AvgIpc) is 3.02. The molecule has 3 aromatic rings. The van der Waals surface area contributed by atoms with Crippen molar-refractivity contribution < 1.29 is 0 Å². The Bertz CT molecular complexity index is 765. The smallest absolute Gasteiger partial charge is 0.229 e. The van der Waals surface area contributed by atoms with Crippen molar-refractivity contribution in [3.05, 3.63) is 45.8 Å². The number of aromatic nitrogens is 3. The highest BCUT2D eigenvalue weighted by atomic mass is 32.1. The highest BCUT2D eigenvalue weighted by Crippen LogP contribution is 2.17. The molecule has 0 spiro atoms. The lowest BCUT2D eigenvalue weighted by Gasteiger charge is -2.02. The number of rotatable bonds is 3. The lowest BCUT2D eigenvalue weighted by Crippen LogP contribution is -2.01. The van der Waals surface area contributed by atoms with Gasteiger partial charge in [-0.3, -0.25) is 4.40 Å². The number of thiophene rings is 1. The van der Waals surface area contributed by atoms with Gasteiger partial charge in [0.1, 0.15) is 10.9 Å². The second-order valence-electron chi connectivity index (χ2n) is 4.19. The van der Waals surface area contributed by atoms with Crippen molar-refractivity contribution in [2.45, 2.75) is 13.5 Å². The third-order valence-corrected chi connectivity index (χ3v) is 3.75. The van der Waals surface area contributed by atoms with Crippen LogP contribution >= 0.6 is 11.3 Å². The van der Waals surface area contributed by atoms with E-state index in [0.717, 1.165) is 21.0 Å². The van der Waals surface area contributed by atoms with Gasteiger partial charge < -0.3 is 5.32 Å². The van der Waals surface area contributed by atoms with Crippen molar-refractivity contribution in [3.8, 4) is 6.07 Å². The molecule has 5 nitrogen and oxygen atoms in total. The molecule has 3 heterocycles. The molecular formula is C13H11N5S. The van der Waals surface area contributed by atoms with Gasteiger partial charge in [0.15, 0.2) is 5.65 Å². The van der Waals surface area contributed by atoms with Gasteiger partial charge in [-0.2, -0.15) is 5.26 Å². The Morgan fingerprint density at radius 3 is 3.05 bits per heavy atom. The van der Waals surface area contributed by atoms with Crippen LogP contribution in [0.25, 0.3) is 5.65 Å². The van der Waals surface area contributed by atoms with E-state index < -0.39 is 0 Å². The molecule has 0 aromatic carbocycles. The molecule has 0 aliphatic heterocycles. The SMILES string of the molecule is Cc1ccn2c(NCc3ccc(C#N)s3)nnc2c1. The van der Waals surface area contributed by atoms with Crippen LogP contribution in [-0.2, 0) is 6.54 Å². The zero-order valence-corrected chi connectivity index (χ0v) is 11.1. The lowest BCUT2D eigenvalue weighted by atomic mass is 10.3. The van der Waals surface area contributed by atoms with Gasteiger partial charge >= 0.3 is 0 Å². The van der Waals surface area contributed by atoms with Crippen molar-refractivity contribution in [1.82, 2.24) is 14.6 Å². The van der Waals surface area contributed by atoms with Gasteiger partial charge in [-0.1, -0.05) is 0 Å². The number of anilines is 1. The van der Waals surface area contributed by atoms with Gasteiger partial charge in [0, 0.05) is 11.1 Å². The fourth-order valence-corrected chi connectivity index (χ4v) is 2.56. The van der Waals surface area contributed by atoms with Gasteiger partial charge in [-0.05, 0) is 36.8 Å².